The molecule has 1 aliphatic heterocycles. The van der Waals surface area contributed by atoms with Crippen molar-refractivity contribution in [2.45, 2.75) is 19.8 Å². The number of anilines is 2. The van der Waals surface area contributed by atoms with Crippen LogP contribution in [0.25, 0.3) is 0 Å². The summed E-state index contributed by atoms with van der Waals surface area (Å²) in [6.45, 7) is 3.70. The van der Waals surface area contributed by atoms with Crippen LogP contribution in [0.4, 0.5) is 16.0 Å². The summed E-state index contributed by atoms with van der Waals surface area (Å²) in [5, 5.41) is 2.81. The third-order valence-corrected chi connectivity index (χ3v) is 4.07. The molecule has 6 heteroatoms. The van der Waals surface area contributed by atoms with Gasteiger partial charge in [0.05, 0.1) is 5.69 Å². The minimum Gasteiger partial charge on any atom is -0.337 e. The Morgan fingerprint density at radius 2 is 2.00 bits per heavy atom. The molecular formula is C17H19FN4O. The van der Waals surface area contributed by atoms with E-state index in [1.807, 2.05) is 4.90 Å². The average Bonchev–Trinajstić information content (AvgIpc) is 2.57. The lowest BCUT2D eigenvalue weighted by Crippen LogP contribution is -2.38. The minimum absolute atomic E-state index is 0.101. The molecule has 0 saturated carbocycles. The molecule has 1 N–H and O–H groups in total. The number of nitrogens with zero attached hydrogens (tertiary/aromatic N) is 3. The van der Waals surface area contributed by atoms with Crippen molar-refractivity contribution >= 4 is 17.5 Å². The number of amides is 1. The van der Waals surface area contributed by atoms with Gasteiger partial charge in [-0.25, -0.2) is 14.4 Å². The van der Waals surface area contributed by atoms with E-state index in [4.69, 9.17) is 0 Å². The van der Waals surface area contributed by atoms with Crippen LogP contribution >= 0.6 is 0 Å². The van der Waals surface area contributed by atoms with E-state index < -0.39 is 5.82 Å². The van der Waals surface area contributed by atoms with E-state index in [1.54, 1.807) is 24.3 Å². The lowest BCUT2D eigenvalue weighted by Gasteiger charge is -2.30. The van der Waals surface area contributed by atoms with E-state index in [1.165, 1.54) is 12.3 Å². The van der Waals surface area contributed by atoms with Gasteiger partial charge in [0.25, 0.3) is 5.91 Å². The number of likely N-dealkylation sites (tertiary alicyclic amines) is 1. The molecule has 1 saturated heterocycles. The Morgan fingerprint density at radius 3 is 2.74 bits per heavy atom. The highest BCUT2D eigenvalue weighted by atomic mass is 19.1. The van der Waals surface area contributed by atoms with E-state index in [2.05, 4.69) is 22.2 Å². The molecule has 0 unspecified atom stereocenters. The average molecular weight is 314 g/mol. The van der Waals surface area contributed by atoms with Crippen LogP contribution in [0.5, 0.6) is 0 Å². The number of hydrogen-bond donors (Lipinski definition) is 1. The van der Waals surface area contributed by atoms with Gasteiger partial charge in [-0.1, -0.05) is 19.1 Å². The highest BCUT2D eigenvalue weighted by molar-refractivity contribution is 5.92. The van der Waals surface area contributed by atoms with Crippen molar-refractivity contribution in [1.29, 1.82) is 0 Å². The first-order valence-corrected chi connectivity index (χ1v) is 7.77. The SMILES string of the molecule is CC1CCN(C(=O)c2ccnc(Nc3ccccc3F)n2)CC1. The van der Waals surface area contributed by atoms with Crippen LogP contribution in [-0.2, 0) is 0 Å². The fraction of sp³-hybridized carbons (Fsp3) is 0.353. The summed E-state index contributed by atoms with van der Waals surface area (Å²) in [5.41, 5.74) is 0.609. The van der Waals surface area contributed by atoms with Crippen molar-refractivity contribution in [2.75, 3.05) is 18.4 Å². The molecule has 0 atom stereocenters. The molecule has 1 aromatic heterocycles. The molecular weight excluding hydrogens is 295 g/mol. The van der Waals surface area contributed by atoms with E-state index in [-0.39, 0.29) is 17.5 Å². The first-order valence-electron chi connectivity index (χ1n) is 7.77. The summed E-state index contributed by atoms with van der Waals surface area (Å²) in [5.74, 6) is 0.378. The number of piperidine rings is 1. The van der Waals surface area contributed by atoms with Gasteiger partial charge in [-0.15, -0.1) is 0 Å². The highest BCUT2D eigenvalue weighted by Gasteiger charge is 2.22. The molecule has 2 aromatic rings. The van der Waals surface area contributed by atoms with Crippen LogP contribution in [0.15, 0.2) is 36.5 Å². The summed E-state index contributed by atoms with van der Waals surface area (Å²) in [6, 6.07) is 7.87. The van der Waals surface area contributed by atoms with Crippen molar-refractivity contribution in [2.24, 2.45) is 5.92 Å². The van der Waals surface area contributed by atoms with E-state index >= 15 is 0 Å². The van der Waals surface area contributed by atoms with Crippen LogP contribution in [0.1, 0.15) is 30.3 Å². The Bertz CT molecular complexity index is 698. The maximum absolute atomic E-state index is 13.7. The number of nitrogens with one attached hydrogen (secondary N) is 1. The summed E-state index contributed by atoms with van der Waals surface area (Å²) < 4.78 is 13.7. The highest BCUT2D eigenvalue weighted by Crippen LogP contribution is 2.19. The second kappa shape index (κ2) is 6.73. The molecule has 23 heavy (non-hydrogen) atoms. The number of carbonyl (C=O) groups excluding carboxylic acids is 1. The standard InChI is InChI=1S/C17H19FN4O/c1-12-7-10-22(11-8-12)16(23)15-6-9-19-17(21-15)20-14-5-3-2-4-13(14)18/h2-6,9,12H,7-8,10-11H2,1H3,(H,19,20,21). The lowest BCUT2D eigenvalue weighted by atomic mass is 9.99. The van der Waals surface area contributed by atoms with Gasteiger partial charge in [-0.05, 0) is 37.0 Å². The molecule has 2 heterocycles. The topological polar surface area (TPSA) is 58.1 Å². The van der Waals surface area contributed by atoms with Gasteiger partial charge in [-0.2, -0.15) is 0 Å². The predicted molar refractivity (Wildman–Crippen MR) is 86.0 cm³/mol. The van der Waals surface area contributed by atoms with Crippen LogP contribution < -0.4 is 5.32 Å². The van der Waals surface area contributed by atoms with Gasteiger partial charge >= 0.3 is 0 Å². The number of para-hydroxylation sites is 1. The van der Waals surface area contributed by atoms with Crippen LogP contribution in [-0.4, -0.2) is 33.9 Å². The van der Waals surface area contributed by atoms with Crippen molar-refractivity contribution in [3.8, 4) is 0 Å². The second-order valence-electron chi connectivity index (χ2n) is 5.85. The fourth-order valence-corrected chi connectivity index (χ4v) is 2.59. The Hall–Kier alpha value is -2.50. The molecule has 0 radical (unpaired) electrons. The van der Waals surface area contributed by atoms with E-state index in [0.29, 0.717) is 11.6 Å². The largest absolute Gasteiger partial charge is 0.337 e. The van der Waals surface area contributed by atoms with E-state index in [9.17, 15) is 9.18 Å². The van der Waals surface area contributed by atoms with Crippen molar-refractivity contribution < 1.29 is 9.18 Å². The monoisotopic (exact) mass is 314 g/mol. The zero-order valence-corrected chi connectivity index (χ0v) is 13.0. The smallest absolute Gasteiger partial charge is 0.272 e. The molecule has 0 aliphatic carbocycles. The predicted octanol–water partition coefficient (Wildman–Crippen LogP) is 3.23. The Labute approximate surface area is 134 Å². The molecule has 0 bridgehead atoms. The number of benzene rings is 1. The molecule has 1 aliphatic rings. The Balaban J connectivity index is 1.75. The van der Waals surface area contributed by atoms with E-state index in [0.717, 1.165) is 25.9 Å². The first-order chi connectivity index (χ1) is 11.1. The van der Waals surface area contributed by atoms with Crippen molar-refractivity contribution in [3.63, 3.8) is 0 Å². The van der Waals surface area contributed by atoms with Gasteiger partial charge in [0.2, 0.25) is 5.95 Å². The lowest BCUT2D eigenvalue weighted by molar-refractivity contribution is 0.0691. The van der Waals surface area contributed by atoms with Crippen molar-refractivity contribution in [1.82, 2.24) is 14.9 Å². The number of rotatable bonds is 3. The third-order valence-electron chi connectivity index (χ3n) is 4.07. The third kappa shape index (κ3) is 3.64. The molecule has 1 aromatic carbocycles. The molecule has 0 spiro atoms. The normalized spacial score (nSPS) is 15.5. The Morgan fingerprint density at radius 1 is 1.26 bits per heavy atom. The molecule has 5 nitrogen and oxygen atoms in total. The number of halogens is 1. The number of aromatic nitrogens is 2. The quantitative estimate of drug-likeness (QED) is 0.945. The zero-order valence-electron chi connectivity index (χ0n) is 13.0. The fourth-order valence-electron chi connectivity index (χ4n) is 2.59. The molecule has 3 rings (SSSR count). The number of hydrogen-bond acceptors (Lipinski definition) is 4. The summed E-state index contributed by atoms with van der Waals surface area (Å²) in [6.07, 6.45) is 3.53. The maximum Gasteiger partial charge on any atom is 0.272 e. The maximum atomic E-state index is 13.7. The molecule has 1 fully saturated rings. The van der Waals surface area contributed by atoms with Crippen LogP contribution in [0, 0.1) is 11.7 Å². The number of carbonyl (C=O) groups is 1. The van der Waals surface area contributed by atoms with Gasteiger partial charge < -0.3 is 10.2 Å². The second-order valence-corrected chi connectivity index (χ2v) is 5.85. The summed E-state index contributed by atoms with van der Waals surface area (Å²) in [4.78, 5) is 22.6. The van der Waals surface area contributed by atoms with Crippen LogP contribution in [0.3, 0.4) is 0 Å². The van der Waals surface area contributed by atoms with Crippen LogP contribution in [0.2, 0.25) is 0 Å². The Kier molecular flexibility index (Phi) is 4.50. The van der Waals surface area contributed by atoms with Gasteiger partial charge in [-0.3, -0.25) is 4.79 Å². The minimum atomic E-state index is -0.391. The van der Waals surface area contributed by atoms with Crippen molar-refractivity contribution in [3.05, 3.63) is 48.0 Å². The molecule has 120 valence electrons. The summed E-state index contributed by atoms with van der Waals surface area (Å²) in [7, 11) is 0. The zero-order chi connectivity index (χ0) is 16.2. The molecule has 1 amide bonds. The van der Waals surface area contributed by atoms with Gasteiger partial charge in [0.15, 0.2) is 0 Å². The summed E-state index contributed by atoms with van der Waals surface area (Å²) >= 11 is 0. The van der Waals surface area contributed by atoms with Gasteiger partial charge in [0, 0.05) is 19.3 Å². The van der Waals surface area contributed by atoms with Gasteiger partial charge in [0.1, 0.15) is 11.5 Å². The first kappa shape index (κ1) is 15.4.